The third-order valence-electron chi connectivity index (χ3n) is 2.34. The van der Waals surface area contributed by atoms with Crippen LogP contribution in [0.4, 0.5) is 0 Å². The fourth-order valence-corrected chi connectivity index (χ4v) is 2.08. The molecule has 112 valence electrons. The van der Waals surface area contributed by atoms with E-state index in [-0.39, 0.29) is 11.7 Å². The summed E-state index contributed by atoms with van der Waals surface area (Å²) in [4.78, 5) is 11.0. The maximum Gasteiger partial charge on any atom is 0.335 e. The van der Waals surface area contributed by atoms with Gasteiger partial charge in [0.15, 0.2) is 11.5 Å². The Balaban J connectivity index is 2.84. The lowest BCUT2D eigenvalue weighted by atomic mass is 10.2. The molecule has 1 rings (SSSR count). The van der Waals surface area contributed by atoms with Gasteiger partial charge in [0, 0.05) is 0 Å². The van der Waals surface area contributed by atoms with Crippen LogP contribution in [0.3, 0.4) is 0 Å². The number of carbonyl (C=O) groups is 1. The first-order valence-electron chi connectivity index (χ1n) is 6.39. The highest BCUT2D eigenvalue weighted by molar-refractivity contribution is 9.10. The van der Waals surface area contributed by atoms with E-state index in [1.165, 1.54) is 12.1 Å². The fraction of sp³-hybridized carbons (Fsp3) is 0.500. The van der Waals surface area contributed by atoms with E-state index in [0.717, 1.165) is 0 Å². The summed E-state index contributed by atoms with van der Waals surface area (Å²) in [7, 11) is 0. The first-order chi connectivity index (χ1) is 9.45. The van der Waals surface area contributed by atoms with Gasteiger partial charge in [0.2, 0.25) is 0 Å². The molecule has 0 saturated carbocycles. The number of aromatic carboxylic acids is 1. The minimum atomic E-state index is -1.01. The van der Waals surface area contributed by atoms with Crippen LogP contribution in [-0.4, -0.2) is 37.0 Å². The van der Waals surface area contributed by atoms with Gasteiger partial charge in [-0.05, 0) is 48.8 Å². The first-order valence-corrected chi connectivity index (χ1v) is 7.19. The number of halogens is 1. The average Bonchev–Trinajstić information content (AvgIpc) is 2.36. The molecule has 0 amide bonds. The van der Waals surface area contributed by atoms with E-state index in [0.29, 0.717) is 35.8 Å². The third kappa shape index (κ3) is 5.02. The van der Waals surface area contributed by atoms with E-state index in [2.05, 4.69) is 15.9 Å². The van der Waals surface area contributed by atoms with E-state index in [1.807, 2.05) is 20.8 Å². The molecule has 0 radical (unpaired) electrons. The van der Waals surface area contributed by atoms with Crippen molar-refractivity contribution in [1.82, 2.24) is 0 Å². The molecule has 0 heterocycles. The van der Waals surface area contributed by atoms with Gasteiger partial charge in [-0.25, -0.2) is 4.79 Å². The quantitative estimate of drug-likeness (QED) is 0.731. The molecule has 0 aliphatic rings. The Morgan fingerprint density at radius 2 is 2.00 bits per heavy atom. The van der Waals surface area contributed by atoms with Crippen LogP contribution in [0.25, 0.3) is 0 Å². The number of hydrogen-bond donors (Lipinski definition) is 1. The van der Waals surface area contributed by atoms with Crippen LogP contribution < -0.4 is 9.47 Å². The van der Waals surface area contributed by atoms with Crippen LogP contribution >= 0.6 is 15.9 Å². The molecule has 6 heteroatoms. The zero-order chi connectivity index (χ0) is 15.1. The Morgan fingerprint density at radius 3 is 2.55 bits per heavy atom. The SMILES string of the molecule is CCOc1cc(C(=O)O)cc(Br)c1OCCOC(C)C. The maximum atomic E-state index is 11.0. The van der Waals surface area contributed by atoms with Crippen LogP contribution in [0.5, 0.6) is 11.5 Å². The Kier molecular flexibility index (Phi) is 6.81. The first kappa shape index (κ1) is 16.8. The Morgan fingerprint density at radius 1 is 1.30 bits per heavy atom. The van der Waals surface area contributed by atoms with E-state index in [4.69, 9.17) is 19.3 Å². The minimum absolute atomic E-state index is 0.141. The molecule has 0 spiro atoms. The fourth-order valence-electron chi connectivity index (χ4n) is 1.52. The summed E-state index contributed by atoms with van der Waals surface area (Å²) < 4.78 is 17.0. The molecular weight excluding hydrogens is 328 g/mol. The molecule has 1 aromatic rings. The smallest absolute Gasteiger partial charge is 0.335 e. The minimum Gasteiger partial charge on any atom is -0.490 e. The molecule has 0 aliphatic carbocycles. The van der Waals surface area contributed by atoms with Crippen LogP contribution in [0.1, 0.15) is 31.1 Å². The summed E-state index contributed by atoms with van der Waals surface area (Å²) in [5.41, 5.74) is 0.145. The van der Waals surface area contributed by atoms with Crippen LogP contribution in [0, 0.1) is 0 Å². The summed E-state index contributed by atoms with van der Waals surface area (Å²) in [6.45, 7) is 6.97. The number of hydrogen-bond acceptors (Lipinski definition) is 4. The van der Waals surface area contributed by atoms with Crippen molar-refractivity contribution in [2.24, 2.45) is 0 Å². The third-order valence-corrected chi connectivity index (χ3v) is 2.93. The van der Waals surface area contributed by atoms with Gasteiger partial charge in [-0.15, -0.1) is 0 Å². The number of carboxylic acids is 1. The monoisotopic (exact) mass is 346 g/mol. The zero-order valence-electron chi connectivity index (χ0n) is 11.8. The Labute approximate surface area is 127 Å². The predicted octanol–water partition coefficient (Wildman–Crippen LogP) is 3.35. The normalized spacial score (nSPS) is 10.7. The van der Waals surface area contributed by atoms with Gasteiger partial charge >= 0.3 is 5.97 Å². The molecule has 20 heavy (non-hydrogen) atoms. The van der Waals surface area contributed by atoms with Crippen molar-refractivity contribution >= 4 is 21.9 Å². The molecule has 0 atom stereocenters. The maximum absolute atomic E-state index is 11.0. The highest BCUT2D eigenvalue weighted by Crippen LogP contribution is 2.36. The molecule has 5 nitrogen and oxygen atoms in total. The number of ether oxygens (including phenoxy) is 3. The topological polar surface area (TPSA) is 65.0 Å². The summed E-state index contributed by atoms with van der Waals surface area (Å²) in [6.07, 6.45) is 0.141. The van der Waals surface area contributed by atoms with Gasteiger partial charge in [0.25, 0.3) is 0 Å². The molecule has 0 unspecified atom stereocenters. The van der Waals surface area contributed by atoms with Gasteiger partial charge in [-0.1, -0.05) is 0 Å². The van der Waals surface area contributed by atoms with E-state index in [1.54, 1.807) is 0 Å². The predicted molar refractivity (Wildman–Crippen MR) is 78.9 cm³/mol. The van der Waals surface area contributed by atoms with Gasteiger partial charge < -0.3 is 19.3 Å². The lowest BCUT2D eigenvalue weighted by molar-refractivity contribution is 0.0543. The van der Waals surface area contributed by atoms with E-state index < -0.39 is 5.97 Å². The Bertz CT molecular complexity index is 459. The molecule has 0 aromatic heterocycles. The van der Waals surface area contributed by atoms with E-state index in [9.17, 15) is 4.79 Å². The highest BCUT2D eigenvalue weighted by atomic mass is 79.9. The number of benzene rings is 1. The molecule has 0 aliphatic heterocycles. The highest BCUT2D eigenvalue weighted by Gasteiger charge is 2.15. The van der Waals surface area contributed by atoms with Gasteiger partial charge in [0.1, 0.15) is 6.61 Å². The standard InChI is InChI=1S/C14H19BrO5/c1-4-18-12-8-10(14(16)17)7-11(15)13(12)20-6-5-19-9(2)3/h7-9H,4-6H2,1-3H3,(H,16,17). The van der Waals surface area contributed by atoms with Gasteiger partial charge in [0.05, 0.1) is 29.4 Å². The van der Waals surface area contributed by atoms with Gasteiger partial charge in [-0.2, -0.15) is 0 Å². The lowest BCUT2D eigenvalue weighted by Crippen LogP contribution is -2.12. The summed E-state index contributed by atoms with van der Waals surface area (Å²) in [5, 5.41) is 9.03. The molecule has 1 N–H and O–H groups in total. The zero-order valence-corrected chi connectivity index (χ0v) is 13.4. The molecule has 0 bridgehead atoms. The lowest BCUT2D eigenvalue weighted by Gasteiger charge is -2.15. The second-order valence-corrected chi connectivity index (χ2v) is 5.15. The van der Waals surface area contributed by atoms with Crippen molar-refractivity contribution in [2.75, 3.05) is 19.8 Å². The summed E-state index contributed by atoms with van der Waals surface area (Å²) in [6, 6.07) is 2.94. The number of carboxylic acid groups (broad SMARTS) is 1. The summed E-state index contributed by atoms with van der Waals surface area (Å²) >= 11 is 3.31. The van der Waals surface area contributed by atoms with Crippen molar-refractivity contribution in [3.63, 3.8) is 0 Å². The van der Waals surface area contributed by atoms with Crippen molar-refractivity contribution in [3.8, 4) is 11.5 Å². The van der Waals surface area contributed by atoms with Crippen molar-refractivity contribution in [1.29, 1.82) is 0 Å². The Hall–Kier alpha value is -1.27. The summed E-state index contributed by atoms with van der Waals surface area (Å²) in [5.74, 6) is -0.116. The molecule has 0 fully saturated rings. The molecule has 1 aromatic carbocycles. The van der Waals surface area contributed by atoms with Crippen molar-refractivity contribution < 1.29 is 24.1 Å². The number of rotatable bonds is 8. The largest absolute Gasteiger partial charge is 0.490 e. The van der Waals surface area contributed by atoms with Crippen molar-refractivity contribution in [2.45, 2.75) is 26.9 Å². The van der Waals surface area contributed by atoms with Gasteiger partial charge in [-0.3, -0.25) is 0 Å². The molecule has 0 saturated heterocycles. The van der Waals surface area contributed by atoms with Crippen molar-refractivity contribution in [3.05, 3.63) is 22.2 Å². The second kappa shape index (κ2) is 8.11. The van der Waals surface area contributed by atoms with E-state index >= 15 is 0 Å². The van der Waals surface area contributed by atoms with Crippen LogP contribution in [-0.2, 0) is 4.74 Å². The molecular formula is C14H19BrO5. The van der Waals surface area contributed by atoms with Crippen LogP contribution in [0.2, 0.25) is 0 Å². The average molecular weight is 347 g/mol. The van der Waals surface area contributed by atoms with Crippen LogP contribution in [0.15, 0.2) is 16.6 Å². The second-order valence-electron chi connectivity index (χ2n) is 4.29.